The van der Waals surface area contributed by atoms with Gasteiger partial charge in [-0.3, -0.25) is 4.79 Å². The average molecular weight is 142 g/mol. The molecule has 0 aliphatic heterocycles. The first-order valence-electron chi connectivity index (χ1n) is 3.96. The van der Waals surface area contributed by atoms with Crippen LogP contribution in [0, 0.1) is 5.92 Å². The summed E-state index contributed by atoms with van der Waals surface area (Å²) in [7, 11) is 0. The molecule has 1 N–H and O–H groups in total. The van der Waals surface area contributed by atoms with Crippen molar-refractivity contribution in [3.63, 3.8) is 0 Å². The molecule has 0 amide bonds. The number of rotatable bonds is 2. The van der Waals surface area contributed by atoms with Crippen molar-refractivity contribution < 1.29 is 9.90 Å². The summed E-state index contributed by atoms with van der Waals surface area (Å²) in [6.45, 7) is 1.91. The molecule has 10 heavy (non-hydrogen) atoms. The number of Topliss-reactive ketones (excluding diaryl/α,β-unsaturated/α-hetero) is 1. The highest BCUT2D eigenvalue weighted by atomic mass is 16.3. The Kier molecular flexibility index (Phi) is 2.44. The summed E-state index contributed by atoms with van der Waals surface area (Å²) in [6.07, 6.45) is 2.88. The number of carbonyl (C=O) groups excluding carboxylic acids is 1. The van der Waals surface area contributed by atoms with Crippen LogP contribution in [0.4, 0.5) is 0 Å². The molecule has 2 unspecified atom stereocenters. The number of aliphatic hydroxyl groups is 1. The molecule has 0 aromatic carbocycles. The predicted molar refractivity (Wildman–Crippen MR) is 38.6 cm³/mol. The number of aliphatic hydroxyl groups excluding tert-OH is 1. The summed E-state index contributed by atoms with van der Waals surface area (Å²) < 4.78 is 0. The Labute approximate surface area is 61.2 Å². The monoisotopic (exact) mass is 142 g/mol. The maximum Gasteiger partial charge on any atom is 0.138 e. The molecule has 0 aromatic heterocycles. The summed E-state index contributed by atoms with van der Waals surface area (Å²) in [4.78, 5) is 11.0. The summed E-state index contributed by atoms with van der Waals surface area (Å²) in [5.74, 6) is 0.222. The van der Waals surface area contributed by atoms with Crippen LogP contribution in [0.5, 0.6) is 0 Å². The van der Waals surface area contributed by atoms with Gasteiger partial charge in [0.25, 0.3) is 0 Å². The maximum absolute atomic E-state index is 11.0. The normalized spacial score (nSPS) is 29.0. The summed E-state index contributed by atoms with van der Waals surface area (Å²) >= 11 is 0. The Hall–Kier alpha value is -0.370. The van der Waals surface area contributed by atoms with Crippen molar-refractivity contribution in [2.24, 2.45) is 5.92 Å². The molecule has 1 rings (SSSR count). The van der Waals surface area contributed by atoms with Gasteiger partial charge in [0.1, 0.15) is 5.78 Å². The van der Waals surface area contributed by atoms with E-state index in [0.29, 0.717) is 12.8 Å². The van der Waals surface area contributed by atoms with Gasteiger partial charge in [-0.15, -0.1) is 0 Å². The zero-order valence-electron chi connectivity index (χ0n) is 6.34. The SMILES string of the molecule is CCC(O)C1CCCC1=O. The Morgan fingerprint density at radius 3 is 2.90 bits per heavy atom. The molecule has 0 radical (unpaired) electrons. The topological polar surface area (TPSA) is 37.3 Å². The first-order valence-corrected chi connectivity index (χ1v) is 3.96. The van der Waals surface area contributed by atoms with Crippen LogP contribution in [-0.2, 0) is 4.79 Å². The summed E-state index contributed by atoms with van der Waals surface area (Å²) in [5, 5.41) is 9.31. The third-order valence-corrected chi connectivity index (χ3v) is 2.23. The first kappa shape index (κ1) is 7.73. The van der Waals surface area contributed by atoms with Gasteiger partial charge in [-0.2, -0.15) is 0 Å². The van der Waals surface area contributed by atoms with Crippen LogP contribution in [-0.4, -0.2) is 17.0 Å². The molecule has 2 atom stereocenters. The molecule has 1 fully saturated rings. The lowest BCUT2D eigenvalue weighted by molar-refractivity contribution is -0.123. The van der Waals surface area contributed by atoms with Crippen molar-refractivity contribution >= 4 is 5.78 Å². The van der Waals surface area contributed by atoms with Gasteiger partial charge in [-0.1, -0.05) is 6.92 Å². The van der Waals surface area contributed by atoms with Crippen LogP contribution >= 0.6 is 0 Å². The van der Waals surface area contributed by atoms with Crippen molar-refractivity contribution in [2.45, 2.75) is 38.7 Å². The van der Waals surface area contributed by atoms with E-state index in [0.717, 1.165) is 12.8 Å². The zero-order valence-corrected chi connectivity index (χ0v) is 6.34. The van der Waals surface area contributed by atoms with Crippen LogP contribution in [0.2, 0.25) is 0 Å². The maximum atomic E-state index is 11.0. The van der Waals surface area contributed by atoms with E-state index in [1.54, 1.807) is 0 Å². The van der Waals surface area contributed by atoms with Gasteiger partial charge in [-0.25, -0.2) is 0 Å². The minimum absolute atomic E-state index is 0.0370. The van der Waals surface area contributed by atoms with Crippen LogP contribution < -0.4 is 0 Å². The zero-order chi connectivity index (χ0) is 7.56. The van der Waals surface area contributed by atoms with Crippen molar-refractivity contribution in [2.75, 3.05) is 0 Å². The largest absolute Gasteiger partial charge is 0.392 e. The van der Waals surface area contributed by atoms with E-state index in [2.05, 4.69) is 0 Å². The fraction of sp³-hybridized carbons (Fsp3) is 0.875. The van der Waals surface area contributed by atoms with Gasteiger partial charge >= 0.3 is 0 Å². The molecule has 2 nitrogen and oxygen atoms in total. The second-order valence-electron chi connectivity index (χ2n) is 2.94. The second-order valence-corrected chi connectivity index (χ2v) is 2.94. The van der Waals surface area contributed by atoms with Gasteiger partial charge in [0.15, 0.2) is 0 Å². The molecule has 0 spiro atoms. The van der Waals surface area contributed by atoms with Crippen molar-refractivity contribution in [3.05, 3.63) is 0 Å². The molecule has 0 heterocycles. The average Bonchev–Trinajstić information content (AvgIpc) is 2.34. The molecule has 2 heteroatoms. The summed E-state index contributed by atoms with van der Waals surface area (Å²) in [5.41, 5.74) is 0. The van der Waals surface area contributed by atoms with Gasteiger partial charge in [0.2, 0.25) is 0 Å². The summed E-state index contributed by atoms with van der Waals surface area (Å²) in [6, 6.07) is 0. The van der Waals surface area contributed by atoms with Crippen molar-refractivity contribution in [3.8, 4) is 0 Å². The Morgan fingerprint density at radius 1 is 1.80 bits per heavy atom. The molecule has 0 aromatic rings. The van der Waals surface area contributed by atoms with Crippen LogP contribution in [0.1, 0.15) is 32.6 Å². The number of carbonyl (C=O) groups is 1. The Morgan fingerprint density at radius 2 is 2.50 bits per heavy atom. The highest BCUT2D eigenvalue weighted by Gasteiger charge is 2.29. The minimum atomic E-state index is -0.380. The highest BCUT2D eigenvalue weighted by Crippen LogP contribution is 2.25. The third kappa shape index (κ3) is 1.37. The minimum Gasteiger partial charge on any atom is -0.392 e. The number of hydrogen-bond acceptors (Lipinski definition) is 2. The van der Waals surface area contributed by atoms with E-state index in [1.165, 1.54) is 0 Å². The first-order chi connectivity index (χ1) is 4.75. The molecule has 0 saturated heterocycles. The van der Waals surface area contributed by atoms with Crippen LogP contribution in [0.25, 0.3) is 0 Å². The molecular formula is C8H14O2. The number of ketones is 1. The molecule has 1 aliphatic rings. The quantitative estimate of drug-likeness (QED) is 0.627. The second kappa shape index (κ2) is 3.15. The van der Waals surface area contributed by atoms with Gasteiger partial charge in [0.05, 0.1) is 6.10 Å². The third-order valence-electron chi connectivity index (χ3n) is 2.23. The fourth-order valence-corrected chi connectivity index (χ4v) is 1.53. The standard InChI is InChI=1S/C8H14O2/c1-2-7(9)6-4-3-5-8(6)10/h6-7,9H,2-5H2,1H3. The lowest BCUT2D eigenvalue weighted by Gasteiger charge is -2.13. The van der Waals surface area contributed by atoms with Crippen molar-refractivity contribution in [1.29, 1.82) is 0 Å². The van der Waals surface area contributed by atoms with E-state index in [-0.39, 0.29) is 17.8 Å². The molecule has 0 bridgehead atoms. The van der Waals surface area contributed by atoms with E-state index >= 15 is 0 Å². The van der Waals surface area contributed by atoms with Gasteiger partial charge in [-0.05, 0) is 19.3 Å². The Balaban J connectivity index is 2.46. The van der Waals surface area contributed by atoms with Gasteiger partial charge in [0, 0.05) is 12.3 Å². The predicted octanol–water partition coefficient (Wildman–Crippen LogP) is 1.13. The molecule has 1 saturated carbocycles. The molecule has 58 valence electrons. The number of hydrogen-bond donors (Lipinski definition) is 1. The van der Waals surface area contributed by atoms with Crippen LogP contribution in [0.15, 0.2) is 0 Å². The van der Waals surface area contributed by atoms with E-state index in [1.807, 2.05) is 6.92 Å². The van der Waals surface area contributed by atoms with Crippen molar-refractivity contribution in [1.82, 2.24) is 0 Å². The molecular weight excluding hydrogens is 128 g/mol. The fourth-order valence-electron chi connectivity index (χ4n) is 1.53. The molecule has 1 aliphatic carbocycles. The van der Waals surface area contributed by atoms with Gasteiger partial charge < -0.3 is 5.11 Å². The Bertz CT molecular complexity index is 131. The van der Waals surface area contributed by atoms with E-state index < -0.39 is 0 Å². The lowest BCUT2D eigenvalue weighted by atomic mass is 9.98. The van der Waals surface area contributed by atoms with E-state index in [9.17, 15) is 9.90 Å². The highest BCUT2D eigenvalue weighted by molar-refractivity contribution is 5.83. The lowest BCUT2D eigenvalue weighted by Crippen LogP contribution is -2.22. The van der Waals surface area contributed by atoms with Crippen LogP contribution in [0.3, 0.4) is 0 Å². The smallest absolute Gasteiger partial charge is 0.138 e. The van der Waals surface area contributed by atoms with E-state index in [4.69, 9.17) is 0 Å².